The van der Waals surface area contributed by atoms with Crippen LogP contribution in [0, 0.1) is 0 Å². The average Bonchev–Trinajstić information content (AvgIpc) is 2.91. The van der Waals surface area contributed by atoms with E-state index in [1.165, 1.54) is 6.42 Å². The summed E-state index contributed by atoms with van der Waals surface area (Å²) in [4.78, 5) is 4.93. The Kier molecular flexibility index (Phi) is 5.34. The second kappa shape index (κ2) is 7.03. The molecule has 0 aliphatic carbocycles. The van der Waals surface area contributed by atoms with Gasteiger partial charge in [-0.05, 0) is 45.5 Å². The first-order chi connectivity index (χ1) is 10.1. The molecule has 4 heteroatoms. The molecule has 1 fully saturated rings. The molecule has 0 aromatic heterocycles. The molecular weight excluding hydrogens is 262 g/mol. The molecule has 1 heterocycles. The number of nitrogen functional groups attached to an aromatic ring is 1. The van der Waals surface area contributed by atoms with Crippen molar-refractivity contribution in [3.63, 3.8) is 0 Å². The fourth-order valence-electron chi connectivity index (χ4n) is 3.16. The number of ether oxygens (including phenoxy) is 1. The number of hydrogen-bond acceptors (Lipinski definition) is 4. The Morgan fingerprint density at radius 2 is 2.05 bits per heavy atom. The molecule has 4 nitrogen and oxygen atoms in total. The summed E-state index contributed by atoms with van der Waals surface area (Å²) in [7, 11) is 0. The highest BCUT2D eigenvalue weighted by Crippen LogP contribution is 2.35. The van der Waals surface area contributed by atoms with Crippen LogP contribution < -0.4 is 15.4 Å². The Morgan fingerprint density at radius 1 is 1.33 bits per heavy atom. The molecule has 1 aromatic rings. The minimum absolute atomic E-state index is 0.143. The van der Waals surface area contributed by atoms with Crippen molar-refractivity contribution >= 4 is 11.4 Å². The predicted molar refractivity (Wildman–Crippen MR) is 90.2 cm³/mol. The zero-order chi connectivity index (χ0) is 15.4. The molecule has 0 spiro atoms. The van der Waals surface area contributed by atoms with Crippen molar-refractivity contribution in [3.05, 3.63) is 18.2 Å². The smallest absolute Gasteiger partial charge is 0.144 e. The van der Waals surface area contributed by atoms with E-state index < -0.39 is 0 Å². The van der Waals surface area contributed by atoms with Crippen molar-refractivity contribution in [2.24, 2.45) is 0 Å². The second-order valence-electron chi connectivity index (χ2n) is 5.97. The molecule has 1 unspecified atom stereocenters. The minimum Gasteiger partial charge on any atom is -0.489 e. The first kappa shape index (κ1) is 16.0. The van der Waals surface area contributed by atoms with Crippen molar-refractivity contribution in [1.29, 1.82) is 0 Å². The molecule has 2 N–H and O–H groups in total. The largest absolute Gasteiger partial charge is 0.489 e. The van der Waals surface area contributed by atoms with Gasteiger partial charge in [0.05, 0.1) is 17.5 Å². The van der Waals surface area contributed by atoms with Crippen LogP contribution in [0.4, 0.5) is 11.4 Å². The zero-order valence-electron chi connectivity index (χ0n) is 13.8. The van der Waals surface area contributed by atoms with E-state index in [2.05, 4.69) is 29.7 Å². The van der Waals surface area contributed by atoms with Gasteiger partial charge in [-0.1, -0.05) is 19.9 Å². The van der Waals surface area contributed by atoms with Crippen molar-refractivity contribution in [2.75, 3.05) is 36.8 Å². The van der Waals surface area contributed by atoms with E-state index in [1.807, 2.05) is 26.0 Å². The molecule has 0 radical (unpaired) electrons. The van der Waals surface area contributed by atoms with Crippen molar-refractivity contribution in [3.8, 4) is 5.75 Å². The van der Waals surface area contributed by atoms with Gasteiger partial charge in [-0.2, -0.15) is 0 Å². The maximum Gasteiger partial charge on any atom is 0.144 e. The van der Waals surface area contributed by atoms with E-state index >= 15 is 0 Å². The van der Waals surface area contributed by atoms with E-state index in [0.29, 0.717) is 6.04 Å². The van der Waals surface area contributed by atoms with Crippen molar-refractivity contribution in [2.45, 2.75) is 46.3 Å². The van der Waals surface area contributed by atoms with Gasteiger partial charge in [0.1, 0.15) is 5.75 Å². The Balaban J connectivity index is 2.13. The van der Waals surface area contributed by atoms with Crippen LogP contribution in [0.5, 0.6) is 5.75 Å². The number of nitrogens with two attached hydrogens (primary N) is 1. The number of benzene rings is 1. The third-order valence-corrected chi connectivity index (χ3v) is 4.24. The quantitative estimate of drug-likeness (QED) is 0.818. The summed E-state index contributed by atoms with van der Waals surface area (Å²) >= 11 is 0. The van der Waals surface area contributed by atoms with Crippen LogP contribution in [-0.4, -0.2) is 43.2 Å². The fourth-order valence-corrected chi connectivity index (χ4v) is 3.16. The summed E-state index contributed by atoms with van der Waals surface area (Å²) in [5.41, 5.74) is 8.20. The number of likely N-dealkylation sites (N-methyl/N-ethyl adjacent to an activating group) is 1. The Labute approximate surface area is 128 Å². The van der Waals surface area contributed by atoms with E-state index in [4.69, 9.17) is 10.5 Å². The van der Waals surface area contributed by atoms with E-state index in [0.717, 1.165) is 43.3 Å². The van der Waals surface area contributed by atoms with Crippen LogP contribution in [0.25, 0.3) is 0 Å². The van der Waals surface area contributed by atoms with Crippen molar-refractivity contribution < 1.29 is 4.74 Å². The molecular formula is C17H29N3O. The first-order valence-corrected chi connectivity index (χ1v) is 8.10. The third kappa shape index (κ3) is 3.62. The Hall–Kier alpha value is -1.42. The SMILES string of the molecule is CCN(CC)C1CCN(c2cccc(OC(C)C)c2N)C1. The molecule has 1 aliphatic rings. The van der Waals surface area contributed by atoms with Crippen LogP contribution in [0.15, 0.2) is 18.2 Å². The summed E-state index contributed by atoms with van der Waals surface area (Å²) in [5.74, 6) is 0.800. The molecule has 1 saturated heterocycles. The van der Waals surface area contributed by atoms with Gasteiger partial charge >= 0.3 is 0 Å². The highest BCUT2D eigenvalue weighted by atomic mass is 16.5. The maximum absolute atomic E-state index is 6.32. The summed E-state index contributed by atoms with van der Waals surface area (Å²) in [6.45, 7) is 12.9. The number of hydrogen-bond donors (Lipinski definition) is 1. The molecule has 1 atom stereocenters. The van der Waals surface area contributed by atoms with Crippen LogP contribution >= 0.6 is 0 Å². The molecule has 118 valence electrons. The normalized spacial score (nSPS) is 18.8. The summed E-state index contributed by atoms with van der Waals surface area (Å²) in [5, 5.41) is 0. The lowest BCUT2D eigenvalue weighted by Gasteiger charge is -2.27. The molecule has 0 amide bonds. The minimum atomic E-state index is 0.143. The fraction of sp³-hybridized carbons (Fsp3) is 0.647. The lowest BCUT2D eigenvalue weighted by atomic mass is 10.2. The topological polar surface area (TPSA) is 41.7 Å². The molecule has 1 aromatic carbocycles. The first-order valence-electron chi connectivity index (χ1n) is 8.10. The predicted octanol–water partition coefficient (Wildman–Crippen LogP) is 2.98. The van der Waals surface area contributed by atoms with Gasteiger partial charge in [0, 0.05) is 19.1 Å². The van der Waals surface area contributed by atoms with Gasteiger partial charge in [0.15, 0.2) is 0 Å². The Bertz CT molecular complexity index is 457. The number of anilines is 2. The zero-order valence-corrected chi connectivity index (χ0v) is 13.8. The van der Waals surface area contributed by atoms with E-state index in [1.54, 1.807) is 0 Å². The molecule has 2 rings (SSSR count). The van der Waals surface area contributed by atoms with Gasteiger partial charge in [0.25, 0.3) is 0 Å². The second-order valence-corrected chi connectivity index (χ2v) is 5.97. The third-order valence-electron chi connectivity index (χ3n) is 4.24. The molecule has 0 bridgehead atoms. The molecule has 21 heavy (non-hydrogen) atoms. The highest BCUT2D eigenvalue weighted by molar-refractivity contribution is 5.74. The van der Waals surface area contributed by atoms with Crippen LogP contribution in [-0.2, 0) is 0 Å². The van der Waals surface area contributed by atoms with Crippen LogP contribution in [0.2, 0.25) is 0 Å². The van der Waals surface area contributed by atoms with Crippen molar-refractivity contribution in [1.82, 2.24) is 4.90 Å². The van der Waals surface area contributed by atoms with E-state index in [-0.39, 0.29) is 6.10 Å². The van der Waals surface area contributed by atoms with E-state index in [9.17, 15) is 0 Å². The van der Waals surface area contributed by atoms with Gasteiger partial charge in [-0.15, -0.1) is 0 Å². The lowest BCUT2D eigenvalue weighted by molar-refractivity contribution is 0.232. The van der Waals surface area contributed by atoms with Gasteiger partial charge in [-0.25, -0.2) is 0 Å². The molecule has 0 saturated carbocycles. The highest BCUT2D eigenvalue weighted by Gasteiger charge is 2.27. The standard InChI is InChI=1S/C17H29N3O/c1-5-19(6-2)14-10-11-20(12-14)15-8-7-9-16(17(15)18)21-13(3)4/h7-9,13-14H,5-6,10-12,18H2,1-4H3. The number of nitrogens with zero attached hydrogens (tertiary/aromatic N) is 2. The summed E-state index contributed by atoms with van der Waals surface area (Å²) < 4.78 is 5.80. The number of rotatable bonds is 6. The van der Waals surface area contributed by atoms with Gasteiger partial charge in [-0.3, -0.25) is 4.90 Å². The van der Waals surface area contributed by atoms with Gasteiger partial charge < -0.3 is 15.4 Å². The summed E-state index contributed by atoms with van der Waals surface area (Å²) in [6, 6.07) is 6.73. The monoisotopic (exact) mass is 291 g/mol. The molecule has 1 aliphatic heterocycles. The summed E-state index contributed by atoms with van der Waals surface area (Å²) in [6.07, 6.45) is 1.35. The van der Waals surface area contributed by atoms with Crippen LogP contribution in [0.3, 0.4) is 0 Å². The van der Waals surface area contributed by atoms with Gasteiger partial charge in [0.2, 0.25) is 0 Å². The van der Waals surface area contributed by atoms with Crippen LogP contribution in [0.1, 0.15) is 34.1 Å². The lowest BCUT2D eigenvalue weighted by Crippen LogP contribution is -2.37. The average molecular weight is 291 g/mol. The maximum atomic E-state index is 6.32. The Morgan fingerprint density at radius 3 is 2.67 bits per heavy atom. The number of para-hydroxylation sites is 1.